The van der Waals surface area contributed by atoms with E-state index >= 15 is 0 Å². The number of aliphatic hydroxyl groups is 1. The van der Waals surface area contributed by atoms with Crippen molar-refractivity contribution >= 4 is 12.0 Å². The highest BCUT2D eigenvalue weighted by molar-refractivity contribution is 5.91. The molecule has 0 aliphatic carbocycles. The van der Waals surface area contributed by atoms with Crippen LogP contribution in [0.4, 0.5) is 4.39 Å². The summed E-state index contributed by atoms with van der Waals surface area (Å²) in [5, 5.41) is 9.16. The van der Waals surface area contributed by atoms with Crippen LogP contribution in [-0.4, -0.2) is 41.2 Å². The van der Waals surface area contributed by atoms with Gasteiger partial charge >= 0.3 is 0 Å². The van der Waals surface area contributed by atoms with Crippen LogP contribution in [0.1, 0.15) is 11.1 Å². The van der Waals surface area contributed by atoms with Crippen LogP contribution in [0, 0.1) is 5.82 Å². The standard InChI is InChI=1S/C18H19FN2O3/c1-24-17-11-14(4-6-16(17)19)5-7-18(23)21(9-10-22)13-15-3-2-8-20-12-15/h2-8,11-12,22H,9-10,13H2,1H3/b7-5+. The van der Waals surface area contributed by atoms with Crippen LogP contribution < -0.4 is 4.74 Å². The molecule has 126 valence electrons. The maximum atomic E-state index is 13.4. The van der Waals surface area contributed by atoms with Crippen molar-refractivity contribution in [1.29, 1.82) is 0 Å². The summed E-state index contributed by atoms with van der Waals surface area (Å²) in [4.78, 5) is 17.9. The number of hydrogen-bond donors (Lipinski definition) is 1. The van der Waals surface area contributed by atoms with Crippen LogP contribution in [0.15, 0.2) is 48.8 Å². The molecular weight excluding hydrogens is 311 g/mol. The molecular formula is C18H19FN2O3. The Morgan fingerprint density at radius 1 is 1.42 bits per heavy atom. The third-order valence-corrected chi connectivity index (χ3v) is 3.37. The number of methoxy groups -OCH3 is 1. The fourth-order valence-corrected chi connectivity index (χ4v) is 2.15. The predicted octanol–water partition coefficient (Wildman–Crippen LogP) is 2.26. The topological polar surface area (TPSA) is 62.7 Å². The van der Waals surface area contributed by atoms with Crippen molar-refractivity contribution in [2.24, 2.45) is 0 Å². The van der Waals surface area contributed by atoms with E-state index in [0.717, 1.165) is 5.56 Å². The maximum Gasteiger partial charge on any atom is 0.246 e. The van der Waals surface area contributed by atoms with E-state index in [4.69, 9.17) is 9.84 Å². The van der Waals surface area contributed by atoms with Crippen molar-refractivity contribution in [3.63, 3.8) is 0 Å². The second kappa shape index (κ2) is 8.79. The number of halogens is 1. The normalized spacial score (nSPS) is 10.8. The molecule has 2 aromatic rings. The lowest BCUT2D eigenvalue weighted by molar-refractivity contribution is -0.127. The Kier molecular flexibility index (Phi) is 6.45. The molecule has 1 N–H and O–H groups in total. The smallest absolute Gasteiger partial charge is 0.246 e. The predicted molar refractivity (Wildman–Crippen MR) is 88.7 cm³/mol. The highest BCUT2D eigenvalue weighted by atomic mass is 19.1. The minimum atomic E-state index is -0.459. The summed E-state index contributed by atoms with van der Waals surface area (Å²) in [7, 11) is 1.38. The van der Waals surface area contributed by atoms with E-state index in [1.54, 1.807) is 30.6 Å². The van der Waals surface area contributed by atoms with Crippen LogP contribution in [0.25, 0.3) is 6.08 Å². The summed E-state index contributed by atoms with van der Waals surface area (Å²) in [5.74, 6) is -0.595. The highest BCUT2D eigenvalue weighted by Crippen LogP contribution is 2.19. The van der Waals surface area contributed by atoms with Crippen molar-refractivity contribution in [2.45, 2.75) is 6.54 Å². The van der Waals surface area contributed by atoms with E-state index in [2.05, 4.69) is 4.98 Å². The molecule has 1 heterocycles. The van der Waals surface area contributed by atoms with Crippen LogP contribution in [-0.2, 0) is 11.3 Å². The number of carbonyl (C=O) groups is 1. The lowest BCUT2D eigenvalue weighted by Crippen LogP contribution is -2.31. The summed E-state index contributed by atoms with van der Waals surface area (Å²) in [5.41, 5.74) is 1.52. The van der Waals surface area contributed by atoms with Gasteiger partial charge in [-0.05, 0) is 35.4 Å². The van der Waals surface area contributed by atoms with Gasteiger partial charge in [-0.25, -0.2) is 4.39 Å². The Morgan fingerprint density at radius 3 is 2.92 bits per heavy atom. The van der Waals surface area contributed by atoms with Gasteiger partial charge in [-0.2, -0.15) is 0 Å². The number of amides is 1. The lowest BCUT2D eigenvalue weighted by Gasteiger charge is -2.20. The molecule has 0 saturated heterocycles. The van der Waals surface area contributed by atoms with Crippen LogP contribution >= 0.6 is 0 Å². The third-order valence-electron chi connectivity index (χ3n) is 3.37. The fourth-order valence-electron chi connectivity index (χ4n) is 2.15. The summed E-state index contributed by atoms with van der Waals surface area (Å²) >= 11 is 0. The average Bonchev–Trinajstić information content (AvgIpc) is 2.61. The molecule has 0 bridgehead atoms. The van der Waals surface area contributed by atoms with Crippen molar-refractivity contribution in [3.05, 3.63) is 65.7 Å². The van der Waals surface area contributed by atoms with Crippen molar-refractivity contribution in [2.75, 3.05) is 20.3 Å². The number of hydrogen-bond acceptors (Lipinski definition) is 4. The number of benzene rings is 1. The van der Waals surface area contributed by atoms with E-state index in [0.29, 0.717) is 12.1 Å². The summed E-state index contributed by atoms with van der Waals surface area (Å²) in [6.07, 6.45) is 6.30. The van der Waals surface area contributed by atoms with Gasteiger partial charge in [0.1, 0.15) is 0 Å². The van der Waals surface area contributed by atoms with E-state index in [9.17, 15) is 9.18 Å². The number of rotatable bonds is 7. The molecule has 0 fully saturated rings. The van der Waals surface area contributed by atoms with Crippen molar-refractivity contribution in [1.82, 2.24) is 9.88 Å². The van der Waals surface area contributed by atoms with Crippen molar-refractivity contribution in [3.8, 4) is 5.75 Å². The largest absolute Gasteiger partial charge is 0.494 e. The monoisotopic (exact) mass is 330 g/mol. The van der Waals surface area contributed by atoms with Gasteiger partial charge in [-0.1, -0.05) is 12.1 Å². The zero-order valence-corrected chi connectivity index (χ0v) is 13.4. The minimum absolute atomic E-state index is 0.118. The first-order valence-electron chi connectivity index (χ1n) is 7.44. The molecule has 0 unspecified atom stereocenters. The minimum Gasteiger partial charge on any atom is -0.494 e. The molecule has 0 radical (unpaired) electrons. The van der Waals surface area contributed by atoms with E-state index in [1.807, 2.05) is 6.07 Å². The zero-order chi connectivity index (χ0) is 17.4. The Morgan fingerprint density at radius 2 is 2.25 bits per heavy atom. The summed E-state index contributed by atoms with van der Waals surface area (Å²) in [6.45, 7) is 0.430. The van der Waals surface area contributed by atoms with Gasteiger partial charge in [0, 0.05) is 31.6 Å². The molecule has 1 aromatic heterocycles. The number of aromatic nitrogens is 1. The van der Waals surface area contributed by atoms with Gasteiger partial charge in [0.2, 0.25) is 5.91 Å². The highest BCUT2D eigenvalue weighted by Gasteiger charge is 2.11. The quantitative estimate of drug-likeness (QED) is 0.791. The van der Waals surface area contributed by atoms with Gasteiger partial charge in [0.15, 0.2) is 11.6 Å². The SMILES string of the molecule is COc1cc(/C=C/C(=O)N(CCO)Cc2cccnc2)ccc1F. The number of carbonyl (C=O) groups excluding carboxylic acids is 1. The van der Waals surface area contributed by atoms with E-state index in [-0.39, 0.29) is 24.8 Å². The molecule has 1 amide bonds. The summed E-state index contributed by atoms with van der Waals surface area (Å²) < 4.78 is 18.3. The van der Waals surface area contributed by atoms with Crippen LogP contribution in [0.2, 0.25) is 0 Å². The first kappa shape index (κ1) is 17.6. The first-order chi connectivity index (χ1) is 11.6. The second-order valence-corrected chi connectivity index (χ2v) is 5.07. The van der Waals surface area contributed by atoms with Crippen LogP contribution in [0.3, 0.4) is 0 Å². The van der Waals surface area contributed by atoms with Gasteiger partial charge < -0.3 is 14.7 Å². The Hall–Kier alpha value is -2.73. The molecule has 0 aliphatic heterocycles. The molecule has 6 heteroatoms. The van der Waals surface area contributed by atoms with Crippen LogP contribution in [0.5, 0.6) is 5.75 Å². The maximum absolute atomic E-state index is 13.4. The third kappa shape index (κ3) is 4.89. The number of aliphatic hydroxyl groups excluding tert-OH is 1. The van der Waals surface area contributed by atoms with E-state index in [1.165, 1.54) is 30.2 Å². The Labute approximate surface area is 140 Å². The average molecular weight is 330 g/mol. The van der Waals surface area contributed by atoms with Gasteiger partial charge in [0.05, 0.1) is 13.7 Å². The molecule has 0 aliphatic rings. The number of ether oxygens (including phenoxy) is 1. The molecule has 0 atom stereocenters. The Bertz CT molecular complexity index is 705. The van der Waals surface area contributed by atoms with Gasteiger partial charge in [-0.15, -0.1) is 0 Å². The van der Waals surface area contributed by atoms with Gasteiger partial charge in [-0.3, -0.25) is 9.78 Å². The second-order valence-electron chi connectivity index (χ2n) is 5.07. The number of nitrogens with zero attached hydrogens (tertiary/aromatic N) is 2. The van der Waals surface area contributed by atoms with Crippen molar-refractivity contribution < 1.29 is 19.0 Å². The molecule has 24 heavy (non-hydrogen) atoms. The molecule has 2 rings (SSSR count). The first-order valence-corrected chi connectivity index (χ1v) is 7.44. The molecule has 1 aromatic carbocycles. The van der Waals surface area contributed by atoms with Gasteiger partial charge in [0.25, 0.3) is 0 Å². The van der Waals surface area contributed by atoms with E-state index < -0.39 is 5.82 Å². The fraction of sp³-hybridized carbons (Fsp3) is 0.222. The summed E-state index contributed by atoms with van der Waals surface area (Å²) in [6, 6.07) is 8.00. The molecule has 5 nitrogen and oxygen atoms in total. The Balaban J connectivity index is 2.09. The lowest BCUT2D eigenvalue weighted by atomic mass is 10.2. The molecule has 0 spiro atoms. The number of pyridine rings is 1. The molecule has 0 saturated carbocycles. The zero-order valence-electron chi connectivity index (χ0n) is 13.4.